The van der Waals surface area contributed by atoms with Crippen LogP contribution in [0.1, 0.15) is 18.4 Å². The molecule has 2 heterocycles. The van der Waals surface area contributed by atoms with Gasteiger partial charge in [0.2, 0.25) is 0 Å². The molecule has 0 radical (unpaired) electrons. The second-order valence-corrected chi connectivity index (χ2v) is 8.31. The van der Waals surface area contributed by atoms with Crippen LogP contribution in [0.25, 0.3) is 5.70 Å². The SMILES string of the molecule is N#CC1CC(C2=NCC(c3cc(Cl)cc(Cl)c3)(C(F)(F)F)C2)=CC=C1n1cccc1. The van der Waals surface area contributed by atoms with Crippen molar-refractivity contribution in [1.29, 1.82) is 5.26 Å². The summed E-state index contributed by atoms with van der Waals surface area (Å²) in [6, 6.07) is 9.96. The number of alkyl halides is 3. The largest absolute Gasteiger partial charge is 0.400 e. The molecule has 0 fully saturated rings. The first-order chi connectivity index (χ1) is 14.2. The summed E-state index contributed by atoms with van der Waals surface area (Å²) in [5.41, 5.74) is -0.385. The zero-order chi connectivity index (χ0) is 21.5. The summed E-state index contributed by atoms with van der Waals surface area (Å²) in [5, 5.41) is 9.91. The molecule has 2 unspecified atom stereocenters. The quantitative estimate of drug-likeness (QED) is 0.530. The van der Waals surface area contributed by atoms with Crippen molar-refractivity contribution in [3.63, 3.8) is 0 Å². The molecule has 30 heavy (non-hydrogen) atoms. The second-order valence-electron chi connectivity index (χ2n) is 7.44. The van der Waals surface area contributed by atoms with E-state index in [4.69, 9.17) is 23.2 Å². The van der Waals surface area contributed by atoms with Gasteiger partial charge in [0.15, 0.2) is 0 Å². The number of rotatable bonds is 3. The topological polar surface area (TPSA) is 41.1 Å². The minimum Gasteiger partial charge on any atom is -0.326 e. The fourth-order valence-electron chi connectivity index (χ4n) is 4.01. The third kappa shape index (κ3) is 3.57. The predicted octanol–water partition coefficient (Wildman–Crippen LogP) is 6.45. The molecule has 1 aliphatic heterocycles. The summed E-state index contributed by atoms with van der Waals surface area (Å²) < 4.78 is 44.6. The van der Waals surface area contributed by atoms with Gasteiger partial charge in [0, 0.05) is 40.3 Å². The van der Waals surface area contributed by atoms with Crippen LogP contribution in [-0.2, 0) is 5.41 Å². The first-order valence-electron chi connectivity index (χ1n) is 9.24. The summed E-state index contributed by atoms with van der Waals surface area (Å²) in [6.07, 6.45) is 2.66. The molecular formula is C22H16Cl2F3N3. The molecule has 1 aliphatic carbocycles. The van der Waals surface area contributed by atoms with Crippen molar-refractivity contribution in [2.75, 3.05) is 6.54 Å². The van der Waals surface area contributed by atoms with Crippen LogP contribution in [0.5, 0.6) is 0 Å². The van der Waals surface area contributed by atoms with E-state index < -0.39 is 24.1 Å². The third-order valence-corrected chi connectivity index (χ3v) is 6.07. The first-order valence-corrected chi connectivity index (χ1v) is 10.00. The molecule has 0 amide bonds. The lowest BCUT2D eigenvalue weighted by molar-refractivity contribution is -0.183. The monoisotopic (exact) mass is 449 g/mol. The molecule has 0 spiro atoms. The van der Waals surface area contributed by atoms with E-state index in [1.807, 2.05) is 29.1 Å². The molecule has 0 saturated heterocycles. The summed E-state index contributed by atoms with van der Waals surface area (Å²) in [5.74, 6) is -0.471. The van der Waals surface area contributed by atoms with Crippen LogP contribution in [0.15, 0.2) is 65.4 Å². The zero-order valence-corrected chi connectivity index (χ0v) is 17.1. The molecule has 3 nitrogen and oxygen atoms in total. The average Bonchev–Trinajstić information content (AvgIpc) is 3.37. The summed E-state index contributed by atoms with van der Waals surface area (Å²) in [6.45, 7) is -0.439. The van der Waals surface area contributed by atoms with Gasteiger partial charge in [-0.2, -0.15) is 18.4 Å². The van der Waals surface area contributed by atoms with E-state index in [0.29, 0.717) is 17.7 Å². The Balaban J connectivity index is 1.69. The van der Waals surface area contributed by atoms with E-state index in [1.165, 1.54) is 18.2 Å². The Bertz CT molecular complexity index is 1090. The highest BCUT2D eigenvalue weighted by molar-refractivity contribution is 6.34. The molecule has 2 atom stereocenters. The van der Waals surface area contributed by atoms with E-state index in [1.54, 1.807) is 12.2 Å². The Morgan fingerprint density at radius 2 is 1.77 bits per heavy atom. The van der Waals surface area contributed by atoms with Crippen molar-refractivity contribution in [2.24, 2.45) is 10.9 Å². The van der Waals surface area contributed by atoms with Gasteiger partial charge in [0.1, 0.15) is 5.41 Å². The summed E-state index contributed by atoms with van der Waals surface area (Å²) >= 11 is 12.0. The summed E-state index contributed by atoms with van der Waals surface area (Å²) in [7, 11) is 0. The molecule has 0 bridgehead atoms. The maximum atomic E-state index is 14.2. The van der Waals surface area contributed by atoms with E-state index in [9.17, 15) is 18.4 Å². The van der Waals surface area contributed by atoms with Gasteiger partial charge in [-0.25, -0.2) is 0 Å². The Morgan fingerprint density at radius 1 is 1.10 bits per heavy atom. The Morgan fingerprint density at radius 3 is 2.37 bits per heavy atom. The van der Waals surface area contributed by atoms with Crippen LogP contribution in [0.3, 0.4) is 0 Å². The summed E-state index contributed by atoms with van der Waals surface area (Å²) in [4.78, 5) is 4.27. The van der Waals surface area contributed by atoms with Gasteiger partial charge in [0.05, 0.1) is 18.5 Å². The molecule has 0 saturated carbocycles. The second kappa shape index (κ2) is 7.64. The standard InChI is InChI=1S/C22H16Cl2F3N3/c23-17-8-16(9-18(24)10-17)21(22(25,26)27)11-19(29-13-21)14-3-4-20(15(7-14)12-28)30-5-1-2-6-30/h1-6,8-10,15H,7,11,13H2. The maximum absolute atomic E-state index is 14.2. The van der Waals surface area contributed by atoms with Gasteiger partial charge >= 0.3 is 6.18 Å². The van der Waals surface area contributed by atoms with Crippen LogP contribution in [0, 0.1) is 17.2 Å². The minimum atomic E-state index is -4.54. The van der Waals surface area contributed by atoms with Gasteiger partial charge in [-0.1, -0.05) is 29.3 Å². The van der Waals surface area contributed by atoms with Crippen molar-refractivity contribution < 1.29 is 13.2 Å². The normalized spacial score (nSPS) is 24.1. The number of aliphatic imine (C=N–C) groups is 1. The fraction of sp³-hybridized carbons (Fsp3) is 0.273. The predicted molar refractivity (Wildman–Crippen MR) is 112 cm³/mol. The highest BCUT2D eigenvalue weighted by atomic mass is 35.5. The van der Waals surface area contributed by atoms with Gasteiger partial charge in [-0.3, -0.25) is 4.99 Å². The van der Waals surface area contributed by atoms with Crippen LogP contribution < -0.4 is 0 Å². The molecule has 154 valence electrons. The van der Waals surface area contributed by atoms with Crippen LogP contribution in [0.2, 0.25) is 10.0 Å². The minimum absolute atomic E-state index is 0.00284. The van der Waals surface area contributed by atoms with E-state index >= 15 is 0 Å². The van der Waals surface area contributed by atoms with Gasteiger partial charge in [0.25, 0.3) is 0 Å². The number of hydrogen-bond donors (Lipinski definition) is 0. The Kier molecular flexibility index (Phi) is 5.29. The lowest BCUT2D eigenvalue weighted by Crippen LogP contribution is -2.44. The highest BCUT2D eigenvalue weighted by Gasteiger charge is 2.58. The molecule has 0 N–H and O–H groups in total. The maximum Gasteiger partial charge on any atom is 0.400 e. The molecule has 8 heteroatoms. The lowest BCUT2D eigenvalue weighted by Gasteiger charge is -2.32. The molecule has 1 aromatic heterocycles. The van der Waals surface area contributed by atoms with Crippen molar-refractivity contribution in [1.82, 2.24) is 4.57 Å². The average molecular weight is 450 g/mol. The van der Waals surface area contributed by atoms with Gasteiger partial charge < -0.3 is 4.57 Å². The molecule has 2 aliphatic rings. The first kappa shape index (κ1) is 20.8. The number of hydrogen-bond acceptors (Lipinski definition) is 2. The Labute approximate surface area is 181 Å². The Hall–Kier alpha value is -2.49. The molecule has 2 aromatic rings. The van der Waals surface area contributed by atoms with E-state index in [0.717, 1.165) is 5.70 Å². The number of nitriles is 1. The van der Waals surface area contributed by atoms with Gasteiger partial charge in [-0.15, -0.1) is 0 Å². The highest BCUT2D eigenvalue weighted by Crippen LogP contribution is 2.49. The molecular weight excluding hydrogens is 434 g/mol. The van der Waals surface area contributed by atoms with E-state index in [-0.39, 0.29) is 22.0 Å². The van der Waals surface area contributed by atoms with E-state index in [2.05, 4.69) is 11.1 Å². The van der Waals surface area contributed by atoms with Crippen LogP contribution in [-0.4, -0.2) is 23.0 Å². The lowest BCUT2D eigenvalue weighted by atomic mass is 9.75. The van der Waals surface area contributed by atoms with Crippen molar-refractivity contribution in [2.45, 2.75) is 24.4 Å². The van der Waals surface area contributed by atoms with Crippen molar-refractivity contribution in [3.05, 3.63) is 76.1 Å². The number of nitrogens with zero attached hydrogens (tertiary/aromatic N) is 3. The number of allylic oxidation sites excluding steroid dienone is 4. The molecule has 4 rings (SSSR count). The fourth-order valence-corrected chi connectivity index (χ4v) is 4.54. The smallest absolute Gasteiger partial charge is 0.326 e. The zero-order valence-electron chi connectivity index (χ0n) is 15.6. The van der Waals surface area contributed by atoms with Crippen LogP contribution in [0.4, 0.5) is 13.2 Å². The number of halogens is 5. The number of aromatic nitrogens is 1. The van der Waals surface area contributed by atoms with Gasteiger partial charge in [-0.05, 0) is 54.0 Å². The van der Waals surface area contributed by atoms with Crippen molar-refractivity contribution in [3.8, 4) is 6.07 Å². The number of benzene rings is 1. The van der Waals surface area contributed by atoms with Crippen LogP contribution >= 0.6 is 23.2 Å². The molecule has 1 aromatic carbocycles. The van der Waals surface area contributed by atoms with Crippen molar-refractivity contribution >= 4 is 34.6 Å². The third-order valence-electron chi connectivity index (χ3n) is 5.63.